The zero-order valence-electron chi connectivity index (χ0n) is 10.7. The van der Waals surface area contributed by atoms with Gasteiger partial charge in [-0.25, -0.2) is 9.97 Å². The fourth-order valence-corrected chi connectivity index (χ4v) is 2.28. The molecule has 2 aromatic heterocycles. The first-order valence-corrected chi connectivity index (χ1v) is 6.56. The molecule has 0 amide bonds. The SMILES string of the molecule is NC1CCN(c2ncc(-c3ccncc3)cn2)CC1. The summed E-state index contributed by atoms with van der Waals surface area (Å²) in [7, 11) is 0. The molecule has 0 saturated carbocycles. The molecule has 1 aliphatic heterocycles. The first-order valence-electron chi connectivity index (χ1n) is 6.56. The normalized spacial score (nSPS) is 16.6. The predicted octanol–water partition coefficient (Wildman–Crippen LogP) is 1.47. The van der Waals surface area contributed by atoms with Crippen LogP contribution in [0.5, 0.6) is 0 Å². The molecule has 0 bridgehead atoms. The second kappa shape index (κ2) is 5.32. The third kappa shape index (κ3) is 2.71. The Labute approximate surface area is 112 Å². The zero-order chi connectivity index (χ0) is 13.1. The van der Waals surface area contributed by atoms with Crippen molar-refractivity contribution < 1.29 is 0 Å². The van der Waals surface area contributed by atoms with Crippen molar-refractivity contribution in [3.8, 4) is 11.1 Å². The van der Waals surface area contributed by atoms with E-state index in [0.717, 1.165) is 43.0 Å². The summed E-state index contributed by atoms with van der Waals surface area (Å²) < 4.78 is 0. The van der Waals surface area contributed by atoms with E-state index in [1.807, 2.05) is 24.5 Å². The number of hydrogen-bond donors (Lipinski definition) is 1. The van der Waals surface area contributed by atoms with Gasteiger partial charge in [-0.05, 0) is 30.5 Å². The maximum absolute atomic E-state index is 5.90. The summed E-state index contributed by atoms with van der Waals surface area (Å²) in [6.07, 6.45) is 9.30. The maximum Gasteiger partial charge on any atom is 0.225 e. The van der Waals surface area contributed by atoms with Crippen molar-refractivity contribution in [1.82, 2.24) is 15.0 Å². The van der Waals surface area contributed by atoms with E-state index in [1.165, 1.54) is 0 Å². The molecule has 0 aromatic carbocycles. The van der Waals surface area contributed by atoms with Gasteiger partial charge < -0.3 is 10.6 Å². The van der Waals surface area contributed by atoms with E-state index < -0.39 is 0 Å². The summed E-state index contributed by atoms with van der Waals surface area (Å²) in [5.74, 6) is 0.796. The minimum absolute atomic E-state index is 0.326. The summed E-state index contributed by atoms with van der Waals surface area (Å²) in [4.78, 5) is 15.1. The molecule has 0 aliphatic carbocycles. The van der Waals surface area contributed by atoms with Crippen LogP contribution < -0.4 is 10.6 Å². The smallest absolute Gasteiger partial charge is 0.225 e. The Kier molecular flexibility index (Phi) is 3.37. The van der Waals surface area contributed by atoms with Crippen LogP contribution in [0.4, 0.5) is 5.95 Å². The van der Waals surface area contributed by atoms with Crippen LogP contribution >= 0.6 is 0 Å². The van der Waals surface area contributed by atoms with Gasteiger partial charge in [0.2, 0.25) is 5.95 Å². The van der Waals surface area contributed by atoms with Crippen LogP contribution in [-0.4, -0.2) is 34.1 Å². The Morgan fingerprint density at radius 3 is 2.26 bits per heavy atom. The largest absolute Gasteiger partial charge is 0.341 e. The van der Waals surface area contributed by atoms with Crippen molar-refractivity contribution in [1.29, 1.82) is 0 Å². The highest BCUT2D eigenvalue weighted by molar-refractivity contribution is 5.61. The molecule has 0 unspecified atom stereocenters. The van der Waals surface area contributed by atoms with Gasteiger partial charge in [0.25, 0.3) is 0 Å². The summed E-state index contributed by atoms with van der Waals surface area (Å²) in [6.45, 7) is 1.88. The lowest BCUT2D eigenvalue weighted by molar-refractivity contribution is 0.495. The average Bonchev–Trinajstić information content (AvgIpc) is 2.49. The lowest BCUT2D eigenvalue weighted by Crippen LogP contribution is -2.40. The molecule has 0 radical (unpaired) electrons. The van der Waals surface area contributed by atoms with Crippen molar-refractivity contribution in [2.75, 3.05) is 18.0 Å². The van der Waals surface area contributed by atoms with Crippen molar-refractivity contribution >= 4 is 5.95 Å². The van der Waals surface area contributed by atoms with Crippen LogP contribution in [0.3, 0.4) is 0 Å². The van der Waals surface area contributed by atoms with Crippen LogP contribution in [-0.2, 0) is 0 Å². The van der Waals surface area contributed by atoms with Crippen LogP contribution in [0, 0.1) is 0 Å². The van der Waals surface area contributed by atoms with Crippen LogP contribution in [0.25, 0.3) is 11.1 Å². The third-order valence-electron chi connectivity index (χ3n) is 3.47. The van der Waals surface area contributed by atoms with Crippen molar-refractivity contribution in [2.45, 2.75) is 18.9 Å². The molecule has 1 saturated heterocycles. The topological polar surface area (TPSA) is 67.9 Å². The van der Waals surface area contributed by atoms with Crippen molar-refractivity contribution in [3.05, 3.63) is 36.9 Å². The maximum atomic E-state index is 5.90. The first-order chi connectivity index (χ1) is 9.33. The Morgan fingerprint density at radius 2 is 1.63 bits per heavy atom. The minimum Gasteiger partial charge on any atom is -0.341 e. The number of anilines is 1. The van der Waals surface area contributed by atoms with Crippen LogP contribution in [0.1, 0.15) is 12.8 Å². The lowest BCUT2D eigenvalue weighted by atomic mass is 10.1. The minimum atomic E-state index is 0.326. The van der Waals surface area contributed by atoms with Gasteiger partial charge in [-0.1, -0.05) is 0 Å². The molecular formula is C14H17N5. The summed E-state index contributed by atoms with van der Waals surface area (Å²) >= 11 is 0. The summed E-state index contributed by atoms with van der Waals surface area (Å²) in [6, 6.07) is 4.24. The highest BCUT2D eigenvalue weighted by Crippen LogP contribution is 2.19. The summed E-state index contributed by atoms with van der Waals surface area (Å²) in [5, 5.41) is 0. The van der Waals surface area contributed by atoms with E-state index in [-0.39, 0.29) is 0 Å². The van der Waals surface area contributed by atoms with Gasteiger partial charge >= 0.3 is 0 Å². The predicted molar refractivity (Wildman–Crippen MR) is 74.7 cm³/mol. The average molecular weight is 255 g/mol. The molecule has 2 N–H and O–H groups in total. The van der Waals surface area contributed by atoms with E-state index in [0.29, 0.717) is 6.04 Å². The number of pyridine rings is 1. The molecule has 19 heavy (non-hydrogen) atoms. The molecule has 3 heterocycles. The Balaban J connectivity index is 1.76. The number of nitrogens with two attached hydrogens (primary N) is 1. The molecule has 1 fully saturated rings. The number of nitrogens with zero attached hydrogens (tertiary/aromatic N) is 4. The van der Waals surface area contributed by atoms with Gasteiger partial charge in [-0.15, -0.1) is 0 Å². The van der Waals surface area contributed by atoms with Crippen LogP contribution in [0.2, 0.25) is 0 Å². The lowest BCUT2D eigenvalue weighted by Gasteiger charge is -2.30. The number of aromatic nitrogens is 3. The molecule has 98 valence electrons. The monoisotopic (exact) mass is 255 g/mol. The second-order valence-electron chi connectivity index (χ2n) is 4.83. The van der Waals surface area contributed by atoms with E-state index in [1.54, 1.807) is 12.4 Å². The van der Waals surface area contributed by atoms with Gasteiger partial charge in [0.1, 0.15) is 0 Å². The molecule has 0 atom stereocenters. The number of rotatable bonds is 2. The Bertz CT molecular complexity index is 517. The van der Waals surface area contributed by atoms with Gasteiger partial charge in [0.05, 0.1) is 0 Å². The van der Waals surface area contributed by atoms with E-state index in [4.69, 9.17) is 5.73 Å². The first kappa shape index (κ1) is 12.0. The van der Waals surface area contributed by atoms with Crippen molar-refractivity contribution in [2.24, 2.45) is 5.73 Å². The van der Waals surface area contributed by atoms with E-state index >= 15 is 0 Å². The molecular weight excluding hydrogens is 238 g/mol. The zero-order valence-corrected chi connectivity index (χ0v) is 10.7. The molecule has 5 nitrogen and oxygen atoms in total. The Hall–Kier alpha value is -2.01. The van der Waals surface area contributed by atoms with Crippen LogP contribution in [0.15, 0.2) is 36.9 Å². The third-order valence-corrected chi connectivity index (χ3v) is 3.47. The second-order valence-corrected chi connectivity index (χ2v) is 4.83. The number of piperidine rings is 1. The highest BCUT2D eigenvalue weighted by Gasteiger charge is 2.17. The fraction of sp³-hybridized carbons (Fsp3) is 0.357. The van der Waals surface area contributed by atoms with Gasteiger partial charge in [0, 0.05) is 49.5 Å². The number of hydrogen-bond acceptors (Lipinski definition) is 5. The fourth-order valence-electron chi connectivity index (χ4n) is 2.28. The van der Waals surface area contributed by atoms with Gasteiger partial charge in [-0.2, -0.15) is 0 Å². The van der Waals surface area contributed by atoms with E-state index in [9.17, 15) is 0 Å². The summed E-state index contributed by atoms with van der Waals surface area (Å²) in [5.41, 5.74) is 8.00. The molecule has 1 aliphatic rings. The highest BCUT2D eigenvalue weighted by atomic mass is 15.2. The molecule has 0 spiro atoms. The standard InChI is InChI=1S/C14H17N5/c15-13-3-7-19(8-4-13)14-17-9-12(10-18-14)11-1-5-16-6-2-11/h1-2,5-6,9-10,13H,3-4,7-8,15H2. The van der Waals surface area contributed by atoms with Gasteiger partial charge in [-0.3, -0.25) is 4.98 Å². The Morgan fingerprint density at radius 1 is 1.00 bits per heavy atom. The van der Waals surface area contributed by atoms with E-state index in [2.05, 4.69) is 19.9 Å². The van der Waals surface area contributed by atoms with Crippen molar-refractivity contribution in [3.63, 3.8) is 0 Å². The molecule has 2 aromatic rings. The quantitative estimate of drug-likeness (QED) is 0.880. The molecule has 3 rings (SSSR count). The van der Waals surface area contributed by atoms with Gasteiger partial charge in [0.15, 0.2) is 0 Å². The molecule has 5 heteroatoms.